The first-order valence-corrected chi connectivity index (χ1v) is 6.78. The van der Waals surface area contributed by atoms with Crippen LogP contribution in [0.5, 0.6) is 0 Å². The zero-order chi connectivity index (χ0) is 12.9. The minimum absolute atomic E-state index is 0.0146. The van der Waals surface area contributed by atoms with Gasteiger partial charge in [0.2, 0.25) is 5.91 Å². The van der Waals surface area contributed by atoms with Gasteiger partial charge in [0.05, 0.1) is 5.69 Å². The second kappa shape index (κ2) is 6.12. The summed E-state index contributed by atoms with van der Waals surface area (Å²) in [5, 5.41) is 8.63. The highest BCUT2D eigenvalue weighted by Gasteiger charge is 2.17. The van der Waals surface area contributed by atoms with Gasteiger partial charge in [-0.3, -0.25) is 4.79 Å². The van der Waals surface area contributed by atoms with E-state index in [1.807, 2.05) is 12.3 Å². The van der Waals surface area contributed by atoms with Gasteiger partial charge in [-0.1, -0.05) is 27.7 Å². The van der Waals surface area contributed by atoms with Crippen molar-refractivity contribution >= 4 is 22.4 Å². The average molecular weight is 255 g/mol. The molecule has 1 aromatic heterocycles. The third kappa shape index (κ3) is 4.83. The average Bonchev–Trinajstić information content (AvgIpc) is 2.66. The van der Waals surface area contributed by atoms with Crippen molar-refractivity contribution < 1.29 is 4.79 Å². The van der Waals surface area contributed by atoms with Gasteiger partial charge >= 0.3 is 0 Å². The molecule has 96 valence electrons. The normalized spacial score (nSPS) is 11.5. The lowest BCUT2D eigenvalue weighted by Crippen LogP contribution is -2.21. The maximum Gasteiger partial charge on any atom is 0.227 e. The topological polar surface area (TPSA) is 54.0 Å². The Hall–Kier alpha value is -0.940. The summed E-state index contributed by atoms with van der Waals surface area (Å²) >= 11 is 1.48. The van der Waals surface area contributed by atoms with Gasteiger partial charge in [-0.25, -0.2) is 4.98 Å². The fourth-order valence-electron chi connectivity index (χ4n) is 1.24. The van der Waals surface area contributed by atoms with E-state index in [0.29, 0.717) is 18.1 Å². The van der Waals surface area contributed by atoms with E-state index in [4.69, 9.17) is 0 Å². The standard InChI is InChI=1S/C12H21N3OS/c1-5-13-7-6-10(16)15-11-14-9(8-17-11)12(2,3)4/h8,13H,5-7H2,1-4H3,(H,14,15,16). The smallest absolute Gasteiger partial charge is 0.227 e. The van der Waals surface area contributed by atoms with Crippen LogP contribution in [0.1, 0.15) is 39.8 Å². The minimum Gasteiger partial charge on any atom is -0.316 e. The first kappa shape index (κ1) is 14.1. The minimum atomic E-state index is 0.0146. The molecule has 17 heavy (non-hydrogen) atoms. The Bertz CT molecular complexity index is 368. The summed E-state index contributed by atoms with van der Waals surface area (Å²) in [5.41, 5.74) is 1.05. The van der Waals surface area contributed by atoms with E-state index in [1.165, 1.54) is 11.3 Å². The highest BCUT2D eigenvalue weighted by Crippen LogP contribution is 2.26. The van der Waals surface area contributed by atoms with Crippen LogP contribution in [0.25, 0.3) is 0 Å². The molecule has 0 bridgehead atoms. The van der Waals surface area contributed by atoms with Crippen LogP contribution >= 0.6 is 11.3 Å². The van der Waals surface area contributed by atoms with Gasteiger partial charge in [0.1, 0.15) is 0 Å². The molecule has 0 aliphatic heterocycles. The quantitative estimate of drug-likeness (QED) is 0.794. The molecular weight excluding hydrogens is 234 g/mol. The molecule has 0 radical (unpaired) electrons. The monoisotopic (exact) mass is 255 g/mol. The van der Waals surface area contributed by atoms with Gasteiger partial charge < -0.3 is 10.6 Å². The predicted molar refractivity (Wildman–Crippen MR) is 72.6 cm³/mol. The molecule has 0 atom stereocenters. The molecule has 0 fully saturated rings. The summed E-state index contributed by atoms with van der Waals surface area (Å²) in [6.07, 6.45) is 0.484. The van der Waals surface area contributed by atoms with Crippen LogP contribution in [-0.4, -0.2) is 24.0 Å². The van der Waals surface area contributed by atoms with Crippen molar-refractivity contribution in [3.05, 3.63) is 11.1 Å². The van der Waals surface area contributed by atoms with Gasteiger partial charge in [-0.15, -0.1) is 11.3 Å². The van der Waals surface area contributed by atoms with Crippen molar-refractivity contribution in [3.8, 4) is 0 Å². The number of nitrogens with zero attached hydrogens (tertiary/aromatic N) is 1. The maximum atomic E-state index is 11.6. The van der Waals surface area contributed by atoms with Crippen molar-refractivity contribution in [2.45, 2.75) is 39.5 Å². The van der Waals surface area contributed by atoms with Crippen molar-refractivity contribution in [2.24, 2.45) is 0 Å². The maximum absolute atomic E-state index is 11.6. The summed E-state index contributed by atoms with van der Waals surface area (Å²) in [5.74, 6) is 0.0146. The second-order valence-corrected chi connectivity index (χ2v) is 5.80. The Balaban J connectivity index is 2.46. The van der Waals surface area contributed by atoms with Crippen molar-refractivity contribution in [1.29, 1.82) is 0 Å². The summed E-state index contributed by atoms with van der Waals surface area (Å²) in [7, 11) is 0. The number of nitrogens with one attached hydrogen (secondary N) is 2. The molecule has 1 rings (SSSR count). The molecule has 0 saturated carbocycles. The molecular formula is C12H21N3OS. The van der Waals surface area contributed by atoms with E-state index in [1.54, 1.807) is 0 Å². The van der Waals surface area contributed by atoms with Gasteiger partial charge in [-0.2, -0.15) is 0 Å². The van der Waals surface area contributed by atoms with Crippen LogP contribution in [-0.2, 0) is 10.2 Å². The SMILES string of the molecule is CCNCCC(=O)Nc1nc(C(C)(C)C)cs1. The van der Waals surface area contributed by atoms with Crippen LogP contribution in [0, 0.1) is 0 Å². The number of anilines is 1. The van der Waals surface area contributed by atoms with Crippen LogP contribution in [0.4, 0.5) is 5.13 Å². The molecule has 0 spiro atoms. The molecule has 0 aliphatic rings. The first-order valence-electron chi connectivity index (χ1n) is 5.90. The Morgan fingerprint density at radius 1 is 1.47 bits per heavy atom. The number of carbonyl (C=O) groups is 1. The predicted octanol–water partition coefficient (Wildman–Crippen LogP) is 2.38. The second-order valence-electron chi connectivity index (χ2n) is 4.94. The highest BCUT2D eigenvalue weighted by atomic mass is 32.1. The first-order chi connectivity index (χ1) is 7.93. The van der Waals surface area contributed by atoms with Crippen molar-refractivity contribution in [3.63, 3.8) is 0 Å². The van der Waals surface area contributed by atoms with Crippen molar-refractivity contribution in [2.75, 3.05) is 18.4 Å². The molecule has 2 N–H and O–H groups in total. The van der Waals surface area contributed by atoms with Gasteiger partial charge in [0.25, 0.3) is 0 Å². The number of rotatable bonds is 5. The summed E-state index contributed by atoms with van der Waals surface area (Å²) in [6, 6.07) is 0. The van der Waals surface area contributed by atoms with Crippen molar-refractivity contribution in [1.82, 2.24) is 10.3 Å². The van der Waals surface area contributed by atoms with E-state index in [-0.39, 0.29) is 11.3 Å². The number of amides is 1. The largest absolute Gasteiger partial charge is 0.316 e. The zero-order valence-electron chi connectivity index (χ0n) is 11.0. The van der Waals surface area contributed by atoms with Crippen LogP contribution in [0.3, 0.4) is 0 Å². The Morgan fingerprint density at radius 2 is 2.18 bits per heavy atom. The number of thiazole rings is 1. The number of hydrogen-bond donors (Lipinski definition) is 2. The van der Waals surface area contributed by atoms with Gasteiger partial charge in [0, 0.05) is 23.8 Å². The molecule has 0 saturated heterocycles. The molecule has 4 nitrogen and oxygen atoms in total. The van der Waals surface area contributed by atoms with Crippen LogP contribution < -0.4 is 10.6 Å². The Kier molecular flexibility index (Phi) is 5.08. The fraction of sp³-hybridized carbons (Fsp3) is 0.667. The summed E-state index contributed by atoms with van der Waals surface area (Å²) in [4.78, 5) is 16.0. The molecule has 1 aromatic rings. The van der Waals surface area contributed by atoms with E-state index in [9.17, 15) is 4.79 Å². The van der Waals surface area contributed by atoms with Crippen LogP contribution in [0.2, 0.25) is 0 Å². The molecule has 0 aliphatic carbocycles. The number of aromatic nitrogens is 1. The molecule has 1 heterocycles. The third-order valence-electron chi connectivity index (χ3n) is 2.30. The summed E-state index contributed by atoms with van der Waals surface area (Å²) < 4.78 is 0. The number of carbonyl (C=O) groups excluding carboxylic acids is 1. The third-order valence-corrected chi connectivity index (χ3v) is 3.06. The molecule has 5 heteroatoms. The highest BCUT2D eigenvalue weighted by molar-refractivity contribution is 7.13. The van der Waals surface area contributed by atoms with E-state index >= 15 is 0 Å². The molecule has 0 aromatic carbocycles. The van der Waals surface area contributed by atoms with E-state index in [2.05, 4.69) is 36.4 Å². The Morgan fingerprint density at radius 3 is 2.71 bits per heavy atom. The van der Waals surface area contributed by atoms with E-state index in [0.717, 1.165) is 12.2 Å². The summed E-state index contributed by atoms with van der Waals surface area (Å²) in [6.45, 7) is 9.95. The number of hydrogen-bond acceptors (Lipinski definition) is 4. The Labute approximate surface area is 107 Å². The zero-order valence-corrected chi connectivity index (χ0v) is 11.8. The lowest BCUT2D eigenvalue weighted by molar-refractivity contribution is -0.116. The van der Waals surface area contributed by atoms with Crippen LogP contribution in [0.15, 0.2) is 5.38 Å². The van der Waals surface area contributed by atoms with E-state index < -0.39 is 0 Å². The van der Waals surface area contributed by atoms with Gasteiger partial charge in [-0.05, 0) is 6.54 Å². The molecule has 1 amide bonds. The lowest BCUT2D eigenvalue weighted by Gasteiger charge is -2.14. The molecule has 0 unspecified atom stereocenters. The van der Waals surface area contributed by atoms with Gasteiger partial charge in [0.15, 0.2) is 5.13 Å². The fourth-order valence-corrected chi connectivity index (χ4v) is 2.19. The lowest BCUT2D eigenvalue weighted by atomic mass is 9.93.